The summed E-state index contributed by atoms with van der Waals surface area (Å²) in [6.45, 7) is 3.79. The lowest BCUT2D eigenvalue weighted by Crippen LogP contribution is -2.41. The fraction of sp³-hybridized carbons (Fsp3) is 0.286. The van der Waals surface area contributed by atoms with Crippen molar-refractivity contribution in [2.24, 2.45) is 0 Å². The van der Waals surface area contributed by atoms with Crippen LogP contribution in [-0.2, 0) is 16.0 Å². The zero-order valence-corrected chi connectivity index (χ0v) is 21.9. The molecular weight excluding hydrogens is 521 g/mol. The molecule has 3 aromatic rings. The summed E-state index contributed by atoms with van der Waals surface area (Å²) in [5, 5.41) is 0.531. The highest BCUT2D eigenvalue weighted by Crippen LogP contribution is 2.44. The minimum absolute atomic E-state index is 0.0429. The standard InChI is InChI=1S/C28H26ClF3N2O4/c1-16(2)38-24-15-22-18(13-23(24)37-4)14-25(35)34(26(22)17-5-7-19(29)8-6-17)21-11-9-20(10-12-21)33(3)27(36)28(30,31)32/h5-13,15-16,26H,14H2,1-4H3/t26-/m0/s1. The van der Waals surface area contributed by atoms with E-state index in [0.29, 0.717) is 27.1 Å². The molecule has 0 radical (unpaired) electrons. The maximum absolute atomic E-state index is 13.5. The summed E-state index contributed by atoms with van der Waals surface area (Å²) in [6.07, 6.45) is -5.05. The van der Waals surface area contributed by atoms with Crippen LogP contribution in [0.25, 0.3) is 0 Å². The first-order chi connectivity index (χ1) is 17.9. The highest BCUT2D eigenvalue weighted by molar-refractivity contribution is 6.30. The van der Waals surface area contributed by atoms with Gasteiger partial charge in [0.05, 0.1) is 25.7 Å². The van der Waals surface area contributed by atoms with Crippen molar-refractivity contribution >= 4 is 34.8 Å². The number of anilines is 2. The van der Waals surface area contributed by atoms with Crippen molar-refractivity contribution < 1.29 is 32.2 Å². The predicted octanol–water partition coefficient (Wildman–Crippen LogP) is 6.34. The van der Waals surface area contributed by atoms with Gasteiger partial charge in [-0.1, -0.05) is 23.7 Å². The van der Waals surface area contributed by atoms with E-state index >= 15 is 0 Å². The number of carbonyl (C=O) groups is 2. The van der Waals surface area contributed by atoms with Gasteiger partial charge in [-0.2, -0.15) is 13.2 Å². The number of alkyl halides is 3. The van der Waals surface area contributed by atoms with Crippen molar-refractivity contribution in [2.75, 3.05) is 24.0 Å². The van der Waals surface area contributed by atoms with Crippen molar-refractivity contribution in [2.45, 2.75) is 38.6 Å². The zero-order chi connectivity index (χ0) is 27.8. The van der Waals surface area contributed by atoms with E-state index in [4.69, 9.17) is 21.1 Å². The summed E-state index contributed by atoms with van der Waals surface area (Å²) in [5.41, 5.74) is 2.86. The molecule has 0 N–H and O–H groups in total. The Morgan fingerprint density at radius 3 is 2.24 bits per heavy atom. The van der Waals surface area contributed by atoms with Crippen LogP contribution in [0.4, 0.5) is 24.5 Å². The molecule has 0 aromatic heterocycles. The summed E-state index contributed by atoms with van der Waals surface area (Å²) in [4.78, 5) is 27.3. The summed E-state index contributed by atoms with van der Waals surface area (Å²) in [6, 6.07) is 16.0. The molecule has 0 spiro atoms. The molecular formula is C28H26ClF3N2O4. The van der Waals surface area contributed by atoms with Gasteiger partial charge in [0.2, 0.25) is 5.91 Å². The van der Waals surface area contributed by atoms with Crippen LogP contribution in [0, 0.1) is 0 Å². The zero-order valence-electron chi connectivity index (χ0n) is 21.2. The minimum Gasteiger partial charge on any atom is -0.493 e. The summed E-state index contributed by atoms with van der Waals surface area (Å²) < 4.78 is 50.2. The Bertz CT molecular complexity index is 1340. The van der Waals surface area contributed by atoms with E-state index in [1.165, 1.54) is 31.4 Å². The Kier molecular flexibility index (Phi) is 7.60. The van der Waals surface area contributed by atoms with Gasteiger partial charge >= 0.3 is 12.1 Å². The van der Waals surface area contributed by atoms with Crippen molar-refractivity contribution in [1.29, 1.82) is 0 Å². The molecule has 38 heavy (non-hydrogen) atoms. The van der Waals surface area contributed by atoms with Crippen molar-refractivity contribution in [3.63, 3.8) is 0 Å². The smallest absolute Gasteiger partial charge is 0.471 e. The number of rotatable bonds is 6. The Hall–Kier alpha value is -3.72. The van der Waals surface area contributed by atoms with E-state index in [2.05, 4.69) is 0 Å². The second-order valence-electron chi connectivity index (χ2n) is 9.14. The molecule has 6 nitrogen and oxygen atoms in total. The molecule has 1 aliphatic rings. The van der Waals surface area contributed by atoms with Gasteiger partial charge < -0.3 is 19.3 Å². The van der Waals surface area contributed by atoms with E-state index in [9.17, 15) is 22.8 Å². The van der Waals surface area contributed by atoms with Crippen LogP contribution in [0.15, 0.2) is 60.7 Å². The molecule has 200 valence electrons. The van der Waals surface area contributed by atoms with Gasteiger partial charge in [-0.25, -0.2) is 0 Å². The largest absolute Gasteiger partial charge is 0.493 e. The fourth-order valence-electron chi connectivity index (χ4n) is 4.47. The molecule has 0 aliphatic carbocycles. The van der Waals surface area contributed by atoms with E-state index in [1.807, 2.05) is 32.0 Å². The molecule has 3 aromatic carbocycles. The van der Waals surface area contributed by atoms with Gasteiger partial charge in [0.25, 0.3) is 0 Å². The second-order valence-corrected chi connectivity index (χ2v) is 9.58. The predicted molar refractivity (Wildman–Crippen MR) is 139 cm³/mol. The number of hydrogen-bond donors (Lipinski definition) is 0. The lowest BCUT2D eigenvalue weighted by atomic mass is 9.86. The van der Waals surface area contributed by atoms with Crippen LogP contribution >= 0.6 is 11.6 Å². The third-order valence-corrected chi connectivity index (χ3v) is 6.45. The minimum atomic E-state index is -5.00. The molecule has 2 amide bonds. The molecule has 0 bridgehead atoms. The van der Waals surface area contributed by atoms with Gasteiger partial charge in [-0.15, -0.1) is 0 Å². The quantitative estimate of drug-likeness (QED) is 0.362. The average molecular weight is 547 g/mol. The topological polar surface area (TPSA) is 59.1 Å². The summed E-state index contributed by atoms with van der Waals surface area (Å²) in [5.74, 6) is -1.17. The summed E-state index contributed by atoms with van der Waals surface area (Å²) in [7, 11) is 2.58. The Morgan fingerprint density at radius 2 is 1.68 bits per heavy atom. The van der Waals surface area contributed by atoms with Crippen LogP contribution in [0.1, 0.15) is 36.6 Å². The number of carbonyl (C=O) groups excluding carboxylic acids is 2. The van der Waals surface area contributed by atoms with Gasteiger partial charge in [0.1, 0.15) is 0 Å². The molecule has 10 heteroatoms. The number of fused-ring (bicyclic) bond motifs is 1. The van der Waals surface area contributed by atoms with Crippen molar-refractivity contribution in [3.05, 3.63) is 82.4 Å². The first kappa shape index (κ1) is 27.3. The van der Waals surface area contributed by atoms with Crippen LogP contribution in [0.3, 0.4) is 0 Å². The first-order valence-electron chi connectivity index (χ1n) is 11.8. The molecule has 0 fully saturated rings. The van der Waals surface area contributed by atoms with Crippen LogP contribution in [0.5, 0.6) is 11.5 Å². The fourth-order valence-corrected chi connectivity index (χ4v) is 4.60. The first-order valence-corrected chi connectivity index (χ1v) is 12.2. The highest BCUT2D eigenvalue weighted by atomic mass is 35.5. The molecule has 1 aliphatic heterocycles. The van der Waals surface area contributed by atoms with E-state index in [0.717, 1.165) is 23.7 Å². The van der Waals surface area contributed by atoms with Crippen molar-refractivity contribution in [1.82, 2.24) is 0 Å². The number of nitrogens with zero attached hydrogens (tertiary/aromatic N) is 2. The van der Waals surface area contributed by atoms with E-state index < -0.39 is 18.1 Å². The number of halogens is 4. The normalized spacial score (nSPS) is 15.3. The number of methoxy groups -OCH3 is 1. The highest BCUT2D eigenvalue weighted by Gasteiger charge is 2.42. The molecule has 4 rings (SSSR count). The monoisotopic (exact) mass is 546 g/mol. The van der Waals surface area contributed by atoms with Gasteiger partial charge in [-0.05, 0) is 79.1 Å². The molecule has 0 saturated heterocycles. The molecule has 1 heterocycles. The second kappa shape index (κ2) is 10.6. The lowest BCUT2D eigenvalue weighted by Gasteiger charge is -2.38. The van der Waals surface area contributed by atoms with E-state index in [-0.39, 0.29) is 24.1 Å². The Balaban J connectivity index is 1.82. The maximum Gasteiger partial charge on any atom is 0.471 e. The van der Waals surface area contributed by atoms with Crippen molar-refractivity contribution in [3.8, 4) is 11.5 Å². The molecule has 0 saturated carbocycles. The van der Waals surface area contributed by atoms with E-state index in [1.54, 1.807) is 23.1 Å². The SMILES string of the molecule is COc1cc2c(cc1OC(C)C)[C@H](c1ccc(Cl)cc1)N(c1ccc(N(C)C(=O)C(F)(F)F)cc1)C(=O)C2. The van der Waals surface area contributed by atoms with Crippen LogP contribution in [-0.4, -0.2) is 38.3 Å². The number of ether oxygens (including phenoxy) is 2. The van der Waals surface area contributed by atoms with Gasteiger partial charge in [0, 0.05) is 23.4 Å². The molecule has 0 unspecified atom stereocenters. The maximum atomic E-state index is 13.5. The summed E-state index contributed by atoms with van der Waals surface area (Å²) >= 11 is 6.13. The number of benzene rings is 3. The van der Waals surface area contributed by atoms with Crippen LogP contribution in [0.2, 0.25) is 5.02 Å². The molecule has 1 atom stereocenters. The number of hydrogen-bond acceptors (Lipinski definition) is 4. The van der Waals surface area contributed by atoms with Crippen LogP contribution < -0.4 is 19.3 Å². The van der Waals surface area contributed by atoms with Gasteiger partial charge in [-0.3, -0.25) is 9.59 Å². The lowest BCUT2D eigenvalue weighted by molar-refractivity contribution is -0.170. The number of amides is 2. The average Bonchev–Trinajstić information content (AvgIpc) is 2.87. The third-order valence-electron chi connectivity index (χ3n) is 6.20. The Morgan fingerprint density at radius 1 is 1.05 bits per heavy atom. The van der Waals surface area contributed by atoms with Gasteiger partial charge in [0.15, 0.2) is 11.5 Å². The Labute approximate surface area is 223 Å². The third kappa shape index (κ3) is 5.43.